The van der Waals surface area contributed by atoms with Crippen LogP contribution in [-0.4, -0.2) is 42.4 Å². The molecule has 13 heteroatoms. The molecule has 0 aliphatic heterocycles. The fourth-order valence-electron chi connectivity index (χ4n) is 1.05. The van der Waals surface area contributed by atoms with Gasteiger partial charge in [-0.25, -0.2) is 4.79 Å². The molecule has 0 amide bonds. The van der Waals surface area contributed by atoms with Crippen LogP contribution >= 0.6 is 0 Å². The number of carbonyl (C=O) groups is 1. The first kappa shape index (κ1) is 21.4. The average molecular weight is 368 g/mol. The summed E-state index contributed by atoms with van der Waals surface area (Å²) in [5.41, 5.74) is 0. The van der Waals surface area contributed by atoms with Gasteiger partial charge in [0, 0.05) is 6.08 Å². The number of esters is 1. The van der Waals surface area contributed by atoms with Gasteiger partial charge in [-0.05, 0) is 13.0 Å². The van der Waals surface area contributed by atoms with Gasteiger partial charge in [-0.3, -0.25) is 0 Å². The smallest absolute Gasteiger partial charge is 0.460 e. The van der Waals surface area contributed by atoms with E-state index in [9.17, 15) is 53.1 Å². The minimum Gasteiger partial charge on any atom is -0.463 e. The van der Waals surface area contributed by atoms with E-state index in [1.165, 1.54) is 0 Å². The largest absolute Gasteiger partial charge is 0.463 e. The van der Waals surface area contributed by atoms with Crippen molar-refractivity contribution in [1.82, 2.24) is 0 Å². The molecular formula is C10H7F11O2. The Balaban J connectivity index is 5.80. The van der Waals surface area contributed by atoms with E-state index in [0.29, 0.717) is 0 Å². The molecular weight excluding hydrogens is 361 g/mol. The topological polar surface area (TPSA) is 26.3 Å². The van der Waals surface area contributed by atoms with Crippen molar-refractivity contribution in [3.63, 3.8) is 0 Å². The van der Waals surface area contributed by atoms with Crippen LogP contribution in [-0.2, 0) is 9.53 Å². The van der Waals surface area contributed by atoms with Crippen molar-refractivity contribution in [1.29, 1.82) is 0 Å². The second kappa shape index (κ2) is 6.15. The molecule has 0 bridgehead atoms. The van der Waals surface area contributed by atoms with Crippen molar-refractivity contribution in [3.8, 4) is 0 Å². The molecule has 0 unspecified atom stereocenters. The summed E-state index contributed by atoms with van der Waals surface area (Å²) in [5.74, 6) is -30.1. The lowest BCUT2D eigenvalue weighted by Gasteiger charge is -2.36. The Morgan fingerprint density at radius 3 is 1.61 bits per heavy atom. The van der Waals surface area contributed by atoms with Gasteiger partial charge >= 0.3 is 35.8 Å². The first-order valence-electron chi connectivity index (χ1n) is 5.39. The first-order chi connectivity index (χ1) is 9.95. The van der Waals surface area contributed by atoms with Gasteiger partial charge in [0.05, 0.1) is 6.61 Å². The number of hydrogen-bond donors (Lipinski definition) is 0. The third-order valence-electron chi connectivity index (χ3n) is 2.28. The number of hydrogen-bond acceptors (Lipinski definition) is 2. The van der Waals surface area contributed by atoms with E-state index in [1.54, 1.807) is 0 Å². The van der Waals surface area contributed by atoms with Crippen LogP contribution in [0, 0.1) is 0 Å². The van der Waals surface area contributed by atoms with E-state index in [0.717, 1.165) is 6.92 Å². The lowest BCUT2D eigenvalue weighted by Crippen LogP contribution is -2.66. The van der Waals surface area contributed by atoms with Gasteiger partial charge in [0.2, 0.25) is 0 Å². The van der Waals surface area contributed by atoms with Gasteiger partial charge in [-0.15, -0.1) is 0 Å². The molecule has 0 aliphatic carbocycles. The lowest BCUT2D eigenvalue weighted by atomic mass is 9.98. The molecule has 0 aromatic rings. The number of halogens is 11. The van der Waals surface area contributed by atoms with E-state index < -0.39 is 54.6 Å². The molecule has 0 rings (SSSR count). The highest BCUT2D eigenvalue weighted by Crippen LogP contribution is 2.57. The summed E-state index contributed by atoms with van der Waals surface area (Å²) in [6, 6.07) is 0. The Morgan fingerprint density at radius 2 is 1.26 bits per heavy atom. The molecule has 0 N–H and O–H groups in total. The standard InChI is InChI=1S/C10H7F11O2/c1-2-23-5(22)3-4-6(11,12)7(13,14)8(15,16)9(17,18)10(19,20)21/h3-4H,2H2,1H3/b4-3-. The molecule has 136 valence electrons. The highest BCUT2D eigenvalue weighted by atomic mass is 19.4. The number of rotatable bonds is 6. The predicted molar refractivity (Wildman–Crippen MR) is 51.6 cm³/mol. The number of carbonyl (C=O) groups excluding carboxylic acids is 1. The minimum atomic E-state index is -7.50. The molecule has 0 aromatic heterocycles. The van der Waals surface area contributed by atoms with Gasteiger partial charge in [0.1, 0.15) is 0 Å². The number of ether oxygens (including phenoxy) is 1. The average Bonchev–Trinajstić information content (AvgIpc) is 2.34. The summed E-state index contributed by atoms with van der Waals surface area (Å²) >= 11 is 0. The highest BCUT2D eigenvalue weighted by molar-refractivity contribution is 5.82. The molecule has 0 spiro atoms. The number of alkyl halides is 11. The van der Waals surface area contributed by atoms with Crippen molar-refractivity contribution >= 4 is 5.97 Å². The monoisotopic (exact) mass is 368 g/mol. The van der Waals surface area contributed by atoms with E-state index in [2.05, 4.69) is 4.74 Å². The zero-order valence-electron chi connectivity index (χ0n) is 10.8. The van der Waals surface area contributed by atoms with Crippen LogP contribution in [0.4, 0.5) is 48.3 Å². The second-order valence-electron chi connectivity index (χ2n) is 3.93. The molecule has 0 aliphatic rings. The molecule has 0 saturated carbocycles. The van der Waals surface area contributed by atoms with Gasteiger partial charge in [-0.2, -0.15) is 48.3 Å². The van der Waals surface area contributed by atoms with Crippen molar-refractivity contribution in [3.05, 3.63) is 12.2 Å². The van der Waals surface area contributed by atoms with Crippen LogP contribution in [0.2, 0.25) is 0 Å². The van der Waals surface area contributed by atoms with Crippen LogP contribution in [0.3, 0.4) is 0 Å². The quantitative estimate of drug-likeness (QED) is 0.399. The van der Waals surface area contributed by atoms with E-state index in [1.807, 2.05) is 0 Å². The third kappa shape index (κ3) is 3.68. The summed E-state index contributed by atoms with van der Waals surface area (Å²) in [6.07, 6.45) is -8.97. The molecule has 0 saturated heterocycles. The van der Waals surface area contributed by atoms with Crippen LogP contribution in [0.1, 0.15) is 6.92 Å². The summed E-state index contributed by atoms with van der Waals surface area (Å²) in [4.78, 5) is 10.6. The fourth-order valence-corrected chi connectivity index (χ4v) is 1.05. The molecule has 0 heterocycles. The van der Waals surface area contributed by atoms with Gasteiger partial charge in [-0.1, -0.05) is 0 Å². The fraction of sp³-hybridized carbons (Fsp3) is 0.700. The van der Waals surface area contributed by atoms with Crippen molar-refractivity contribution < 1.29 is 57.8 Å². The normalized spacial score (nSPS) is 15.1. The van der Waals surface area contributed by atoms with E-state index in [4.69, 9.17) is 0 Å². The highest BCUT2D eigenvalue weighted by Gasteiger charge is 2.86. The summed E-state index contributed by atoms with van der Waals surface area (Å²) in [5, 5.41) is 0. The summed E-state index contributed by atoms with van der Waals surface area (Å²) in [6.45, 7) is 0.712. The van der Waals surface area contributed by atoms with Crippen molar-refractivity contribution in [2.75, 3.05) is 6.61 Å². The Kier molecular flexibility index (Phi) is 5.73. The van der Waals surface area contributed by atoms with Gasteiger partial charge in [0.15, 0.2) is 0 Å². The molecule has 2 nitrogen and oxygen atoms in total. The van der Waals surface area contributed by atoms with E-state index >= 15 is 0 Å². The molecule has 0 atom stereocenters. The maximum atomic E-state index is 13.0. The summed E-state index contributed by atoms with van der Waals surface area (Å²) in [7, 11) is 0. The van der Waals surface area contributed by atoms with Crippen LogP contribution in [0.25, 0.3) is 0 Å². The van der Waals surface area contributed by atoms with Gasteiger partial charge in [0.25, 0.3) is 0 Å². The van der Waals surface area contributed by atoms with Crippen LogP contribution in [0.5, 0.6) is 0 Å². The molecule has 0 radical (unpaired) electrons. The van der Waals surface area contributed by atoms with Gasteiger partial charge < -0.3 is 4.74 Å². The Bertz CT molecular complexity index is 464. The zero-order valence-corrected chi connectivity index (χ0v) is 10.8. The Hall–Kier alpha value is -1.56. The third-order valence-corrected chi connectivity index (χ3v) is 2.28. The Morgan fingerprint density at radius 1 is 0.826 bits per heavy atom. The summed E-state index contributed by atoms with van der Waals surface area (Å²) < 4.78 is 142. The zero-order chi connectivity index (χ0) is 18.9. The van der Waals surface area contributed by atoms with Crippen LogP contribution < -0.4 is 0 Å². The van der Waals surface area contributed by atoms with Crippen molar-refractivity contribution in [2.24, 2.45) is 0 Å². The lowest BCUT2D eigenvalue weighted by molar-refractivity contribution is -0.416. The predicted octanol–water partition coefficient (Wildman–Crippen LogP) is 4.21. The molecule has 0 fully saturated rings. The first-order valence-corrected chi connectivity index (χ1v) is 5.39. The Labute approximate surface area is 120 Å². The maximum absolute atomic E-state index is 13.0. The van der Waals surface area contributed by atoms with E-state index in [-0.39, 0.29) is 0 Å². The second-order valence-corrected chi connectivity index (χ2v) is 3.93. The maximum Gasteiger partial charge on any atom is 0.460 e. The SMILES string of the molecule is CCOC(=O)/C=C\C(F)(F)C(F)(F)C(F)(F)C(F)(F)C(F)(F)F. The molecule has 23 heavy (non-hydrogen) atoms. The van der Waals surface area contributed by atoms with Crippen LogP contribution in [0.15, 0.2) is 12.2 Å². The number of allylic oxidation sites excluding steroid dienone is 1. The molecule has 0 aromatic carbocycles. The van der Waals surface area contributed by atoms with Crippen molar-refractivity contribution in [2.45, 2.75) is 36.8 Å². The minimum absolute atomic E-state index is 0.437.